The van der Waals surface area contributed by atoms with Crippen LogP contribution in [0.5, 0.6) is 0 Å². The monoisotopic (exact) mass is 651 g/mol. The third-order valence-corrected chi connectivity index (χ3v) is 10.0. The number of H-pyrrole nitrogens is 1. The molecule has 0 aromatic carbocycles. The zero-order valence-electron chi connectivity index (χ0n) is 25.6. The number of nitrogen functional groups attached to an aromatic ring is 1. The molecule has 0 saturated heterocycles. The molecule has 0 amide bonds. The van der Waals surface area contributed by atoms with E-state index in [2.05, 4.69) is 29.1 Å². The van der Waals surface area contributed by atoms with Crippen molar-refractivity contribution < 1.29 is 37.0 Å². The number of nitrogens with one attached hydrogen (secondary N) is 2. The summed E-state index contributed by atoms with van der Waals surface area (Å²) >= 11 is 0. The number of rotatable bonds is 23. The number of anilines is 3. The van der Waals surface area contributed by atoms with Crippen LogP contribution >= 0.6 is 15.6 Å². The molecule has 2 aliphatic rings. The molecule has 14 nitrogen and oxygen atoms in total. The van der Waals surface area contributed by atoms with Crippen molar-refractivity contribution >= 4 is 33.1 Å². The second-order valence-electron chi connectivity index (χ2n) is 11.4. The third kappa shape index (κ3) is 11.7. The van der Waals surface area contributed by atoms with E-state index in [9.17, 15) is 23.7 Å². The van der Waals surface area contributed by atoms with Crippen molar-refractivity contribution in [2.24, 2.45) is 11.8 Å². The van der Waals surface area contributed by atoms with Crippen molar-refractivity contribution in [2.45, 2.75) is 103 Å². The highest BCUT2D eigenvalue weighted by Gasteiger charge is 2.48. The molecule has 1 aromatic heterocycles. The molecular weight excluding hydrogens is 600 g/mol. The van der Waals surface area contributed by atoms with E-state index in [1.54, 1.807) is 0 Å². The summed E-state index contributed by atoms with van der Waals surface area (Å²) in [6.07, 6.45) is 12.6. The molecule has 16 heteroatoms. The number of aromatic amines is 1. The van der Waals surface area contributed by atoms with Gasteiger partial charge in [0.05, 0.1) is 33.1 Å². The van der Waals surface area contributed by atoms with Gasteiger partial charge in [0.15, 0.2) is 5.82 Å². The van der Waals surface area contributed by atoms with Crippen LogP contribution in [0.4, 0.5) is 17.5 Å². The van der Waals surface area contributed by atoms with Crippen LogP contribution in [0.1, 0.15) is 97.3 Å². The summed E-state index contributed by atoms with van der Waals surface area (Å²) in [5.74, 6) is -0.342. The largest absolute Gasteiger partial charge is 0.472 e. The molecule has 43 heavy (non-hydrogen) atoms. The minimum absolute atomic E-state index is 0.0314. The van der Waals surface area contributed by atoms with E-state index in [0.29, 0.717) is 25.1 Å². The first kappa shape index (κ1) is 36.0. The average molecular weight is 652 g/mol. The summed E-state index contributed by atoms with van der Waals surface area (Å²) in [4.78, 5) is 41.4. The standard InChI is InChI=1S/C27H51N5O9P2/c1-3-5-7-9-11-13-15-38-42(34,35)40-18-21-17-23(32-20-29-24-25(32)30-27(28)31-26(24)33)22(21)19-41-43(36,37)39-16-14-12-10-8-6-4-2/h21-23,29H,3-20H2,1-2H3,(H,34,35)(H,36,37)(H3,28,30,31,33)/t21-,22-,23-/m1/s1. The molecule has 5 atom stereocenters. The van der Waals surface area contributed by atoms with E-state index in [-0.39, 0.29) is 56.7 Å². The Labute approximate surface area is 254 Å². The van der Waals surface area contributed by atoms with Gasteiger partial charge in [-0.15, -0.1) is 0 Å². The fraction of sp³-hybridized carbons (Fsp3) is 0.852. The summed E-state index contributed by atoms with van der Waals surface area (Å²) in [5, 5.41) is 3.01. The van der Waals surface area contributed by atoms with E-state index >= 15 is 0 Å². The van der Waals surface area contributed by atoms with E-state index < -0.39 is 27.1 Å². The summed E-state index contributed by atoms with van der Waals surface area (Å²) in [6.45, 7) is 4.52. The van der Waals surface area contributed by atoms with E-state index in [0.717, 1.165) is 51.4 Å². The van der Waals surface area contributed by atoms with Crippen LogP contribution in [-0.4, -0.2) is 58.9 Å². The molecule has 248 valence electrons. The molecule has 0 bridgehead atoms. The first-order valence-corrected chi connectivity index (χ1v) is 18.7. The van der Waals surface area contributed by atoms with E-state index in [1.165, 1.54) is 12.8 Å². The van der Waals surface area contributed by atoms with Gasteiger partial charge in [-0.3, -0.25) is 27.9 Å². The van der Waals surface area contributed by atoms with Crippen LogP contribution in [-0.2, 0) is 27.2 Å². The highest BCUT2D eigenvalue weighted by molar-refractivity contribution is 7.47. The van der Waals surface area contributed by atoms with Gasteiger partial charge < -0.3 is 25.7 Å². The van der Waals surface area contributed by atoms with Crippen molar-refractivity contribution in [2.75, 3.05) is 49.0 Å². The van der Waals surface area contributed by atoms with Crippen molar-refractivity contribution in [3.8, 4) is 0 Å². The minimum Gasteiger partial charge on any atom is -0.369 e. The molecule has 6 N–H and O–H groups in total. The van der Waals surface area contributed by atoms with Crippen LogP contribution in [0.3, 0.4) is 0 Å². The van der Waals surface area contributed by atoms with Gasteiger partial charge in [0.1, 0.15) is 5.69 Å². The topological polar surface area (TPSA) is 199 Å². The molecule has 1 aliphatic carbocycles. The van der Waals surface area contributed by atoms with Gasteiger partial charge in [-0.1, -0.05) is 78.1 Å². The van der Waals surface area contributed by atoms with Crippen LogP contribution in [0, 0.1) is 11.8 Å². The lowest BCUT2D eigenvalue weighted by molar-refractivity contribution is 0.0124. The Morgan fingerprint density at radius 3 is 1.98 bits per heavy atom. The lowest BCUT2D eigenvalue weighted by atomic mass is 9.69. The first-order valence-electron chi connectivity index (χ1n) is 15.7. The van der Waals surface area contributed by atoms with Crippen LogP contribution < -0.4 is 21.5 Å². The Hall–Kier alpha value is -1.50. The number of unbranched alkanes of at least 4 members (excludes halogenated alkanes) is 10. The summed E-state index contributed by atoms with van der Waals surface area (Å²) in [7, 11) is -8.60. The second-order valence-corrected chi connectivity index (χ2v) is 14.3. The van der Waals surface area contributed by atoms with Crippen molar-refractivity contribution in [3.05, 3.63) is 10.4 Å². The van der Waals surface area contributed by atoms with Gasteiger partial charge in [0.25, 0.3) is 5.56 Å². The van der Waals surface area contributed by atoms with Crippen LogP contribution in [0.2, 0.25) is 0 Å². The molecular formula is C27H51N5O9P2. The Kier molecular flexibility index (Phi) is 14.9. The summed E-state index contributed by atoms with van der Waals surface area (Å²) in [6, 6.07) is -0.267. The maximum atomic E-state index is 12.6. The number of hydrogen-bond acceptors (Lipinski definition) is 11. The number of phosphoric ester groups is 2. The third-order valence-electron chi connectivity index (χ3n) is 8.05. The summed E-state index contributed by atoms with van der Waals surface area (Å²) < 4.78 is 46.2. The number of hydrogen-bond donors (Lipinski definition) is 5. The number of nitrogens with two attached hydrogens (primary N) is 1. The fourth-order valence-corrected chi connectivity index (χ4v) is 7.11. The number of fused-ring (bicyclic) bond motifs is 1. The molecule has 1 aliphatic heterocycles. The fourth-order valence-electron chi connectivity index (χ4n) is 5.50. The minimum atomic E-state index is -4.33. The van der Waals surface area contributed by atoms with Crippen molar-refractivity contribution in [1.82, 2.24) is 9.97 Å². The molecule has 2 heterocycles. The molecule has 1 fully saturated rings. The first-order chi connectivity index (χ1) is 20.6. The zero-order chi connectivity index (χ0) is 31.3. The number of nitrogens with zero attached hydrogens (tertiary/aromatic N) is 2. The average Bonchev–Trinajstić information content (AvgIpc) is 3.35. The Bertz CT molecular complexity index is 1140. The summed E-state index contributed by atoms with van der Waals surface area (Å²) in [5.41, 5.74) is 5.66. The van der Waals surface area contributed by atoms with Gasteiger partial charge in [0.2, 0.25) is 5.95 Å². The number of aromatic nitrogens is 2. The SMILES string of the molecule is CCCCCCCCOP(=O)(O)OC[C@H]1C[C@@H](N2CNc3c2nc(N)[nH]c3=O)[C@@H]1COP(=O)(O)OCCCCCCCC. The maximum absolute atomic E-state index is 12.6. The highest BCUT2D eigenvalue weighted by atomic mass is 31.2. The van der Waals surface area contributed by atoms with Crippen molar-refractivity contribution in [3.63, 3.8) is 0 Å². The molecule has 1 aromatic rings. The predicted octanol–water partition coefficient (Wildman–Crippen LogP) is 5.53. The van der Waals surface area contributed by atoms with Crippen LogP contribution in [0.15, 0.2) is 4.79 Å². The van der Waals surface area contributed by atoms with Gasteiger partial charge >= 0.3 is 15.6 Å². The normalized spacial score (nSPS) is 22.4. The maximum Gasteiger partial charge on any atom is 0.472 e. The van der Waals surface area contributed by atoms with E-state index in [4.69, 9.17) is 23.8 Å². The number of phosphoric acid groups is 2. The molecule has 0 radical (unpaired) electrons. The van der Waals surface area contributed by atoms with Gasteiger partial charge in [-0.05, 0) is 25.2 Å². The van der Waals surface area contributed by atoms with Crippen LogP contribution in [0.25, 0.3) is 0 Å². The van der Waals surface area contributed by atoms with E-state index in [1.807, 2.05) is 4.90 Å². The molecule has 3 rings (SSSR count). The quantitative estimate of drug-likeness (QED) is 0.0731. The highest BCUT2D eigenvalue weighted by Crippen LogP contribution is 2.51. The smallest absolute Gasteiger partial charge is 0.369 e. The van der Waals surface area contributed by atoms with Gasteiger partial charge in [-0.25, -0.2) is 9.13 Å². The van der Waals surface area contributed by atoms with Gasteiger partial charge in [0, 0.05) is 12.0 Å². The molecule has 2 unspecified atom stereocenters. The Balaban J connectivity index is 1.55. The van der Waals surface area contributed by atoms with Gasteiger partial charge in [-0.2, -0.15) is 4.98 Å². The predicted molar refractivity (Wildman–Crippen MR) is 166 cm³/mol. The van der Waals surface area contributed by atoms with Crippen molar-refractivity contribution in [1.29, 1.82) is 0 Å². The lowest BCUT2D eigenvalue weighted by Crippen LogP contribution is -2.55. The Morgan fingerprint density at radius 2 is 1.40 bits per heavy atom. The molecule has 1 saturated carbocycles. The Morgan fingerprint density at radius 1 is 0.860 bits per heavy atom. The lowest BCUT2D eigenvalue weighted by Gasteiger charge is -2.48. The second kappa shape index (κ2) is 17.8. The zero-order valence-corrected chi connectivity index (χ0v) is 27.4. The molecule has 0 spiro atoms.